The van der Waals surface area contributed by atoms with E-state index in [0.29, 0.717) is 6.04 Å². The lowest BCUT2D eigenvalue weighted by Gasteiger charge is -2.36. The summed E-state index contributed by atoms with van der Waals surface area (Å²) >= 11 is 0. The third-order valence-corrected chi connectivity index (χ3v) is 4.08. The number of aromatic nitrogens is 2. The van der Waals surface area contributed by atoms with Crippen molar-refractivity contribution in [3.63, 3.8) is 0 Å². The Balaban J connectivity index is 1.62. The largest absolute Gasteiger partial charge is 0.497 e. The summed E-state index contributed by atoms with van der Waals surface area (Å²) in [6, 6.07) is 10.5. The Morgan fingerprint density at radius 2 is 1.67 bits per heavy atom. The molecule has 0 aliphatic carbocycles. The number of benzene rings is 1. The number of nitrogens with zero attached hydrogens (tertiary/aromatic N) is 4. The van der Waals surface area contributed by atoms with Gasteiger partial charge in [-0.2, -0.15) is 4.98 Å². The number of hydrogen-bond acceptors (Lipinski definition) is 6. The second kappa shape index (κ2) is 7.38. The Labute approximate surface area is 143 Å². The second-order valence-corrected chi connectivity index (χ2v) is 6.21. The molecule has 6 heteroatoms. The topological polar surface area (TPSA) is 53.5 Å². The molecule has 0 radical (unpaired) electrons. The van der Waals surface area contributed by atoms with Crippen molar-refractivity contribution in [1.82, 2.24) is 9.97 Å². The predicted octanol–water partition coefficient (Wildman–Crippen LogP) is 2.63. The molecular weight excluding hydrogens is 302 g/mol. The third kappa shape index (κ3) is 3.88. The van der Waals surface area contributed by atoms with Gasteiger partial charge in [-0.3, -0.25) is 0 Å². The fourth-order valence-electron chi connectivity index (χ4n) is 2.83. The van der Waals surface area contributed by atoms with Crippen molar-refractivity contribution in [1.29, 1.82) is 0 Å². The molecule has 1 N–H and O–H groups in total. The van der Waals surface area contributed by atoms with Crippen LogP contribution in [0.5, 0.6) is 5.75 Å². The molecule has 0 unspecified atom stereocenters. The number of nitrogens with one attached hydrogen (secondary N) is 1. The van der Waals surface area contributed by atoms with Crippen LogP contribution in [-0.4, -0.2) is 49.3 Å². The maximum Gasteiger partial charge on any atom is 0.227 e. The normalized spacial score (nSPS) is 14.8. The molecule has 0 saturated carbocycles. The standard InChI is InChI=1S/C18H25N5O/c1-14(2)20-17-8-9-19-18(21-17)23-12-10-22(11-13-23)15-4-6-16(24-3)7-5-15/h4-9,14H,10-13H2,1-3H3,(H,19,20,21). The molecule has 128 valence electrons. The first-order valence-electron chi connectivity index (χ1n) is 8.39. The first kappa shape index (κ1) is 16.4. The van der Waals surface area contributed by atoms with Gasteiger partial charge in [-0.15, -0.1) is 0 Å². The van der Waals surface area contributed by atoms with E-state index in [1.165, 1.54) is 5.69 Å². The van der Waals surface area contributed by atoms with E-state index in [1.54, 1.807) is 7.11 Å². The summed E-state index contributed by atoms with van der Waals surface area (Å²) in [7, 11) is 1.69. The number of piperazine rings is 1. The van der Waals surface area contributed by atoms with E-state index in [4.69, 9.17) is 4.74 Å². The maximum absolute atomic E-state index is 5.22. The zero-order valence-corrected chi connectivity index (χ0v) is 14.6. The molecule has 1 saturated heterocycles. The first-order valence-corrected chi connectivity index (χ1v) is 8.39. The number of hydrogen-bond donors (Lipinski definition) is 1. The fraction of sp³-hybridized carbons (Fsp3) is 0.444. The van der Waals surface area contributed by atoms with Crippen molar-refractivity contribution in [2.24, 2.45) is 0 Å². The van der Waals surface area contributed by atoms with Crippen LogP contribution < -0.4 is 19.9 Å². The lowest BCUT2D eigenvalue weighted by molar-refractivity contribution is 0.415. The van der Waals surface area contributed by atoms with Gasteiger partial charge in [0.05, 0.1) is 7.11 Å². The molecule has 3 rings (SSSR count). The first-order chi connectivity index (χ1) is 11.7. The highest BCUT2D eigenvalue weighted by Crippen LogP contribution is 2.22. The van der Waals surface area contributed by atoms with Crippen molar-refractivity contribution in [3.05, 3.63) is 36.5 Å². The minimum Gasteiger partial charge on any atom is -0.497 e. The van der Waals surface area contributed by atoms with Crippen LogP contribution >= 0.6 is 0 Å². The molecule has 2 aromatic rings. The van der Waals surface area contributed by atoms with Gasteiger partial charge in [-0.1, -0.05) is 0 Å². The highest BCUT2D eigenvalue weighted by atomic mass is 16.5. The van der Waals surface area contributed by atoms with Gasteiger partial charge in [-0.05, 0) is 44.2 Å². The minimum absolute atomic E-state index is 0.361. The monoisotopic (exact) mass is 327 g/mol. The van der Waals surface area contributed by atoms with Gasteiger partial charge in [-0.25, -0.2) is 4.98 Å². The van der Waals surface area contributed by atoms with E-state index in [1.807, 2.05) is 24.4 Å². The summed E-state index contributed by atoms with van der Waals surface area (Å²) in [5, 5.41) is 3.33. The minimum atomic E-state index is 0.361. The summed E-state index contributed by atoms with van der Waals surface area (Å²) in [6.45, 7) is 7.95. The summed E-state index contributed by atoms with van der Waals surface area (Å²) in [5.74, 6) is 2.57. The molecule has 1 aliphatic rings. The number of ether oxygens (including phenoxy) is 1. The molecule has 0 atom stereocenters. The quantitative estimate of drug-likeness (QED) is 0.911. The van der Waals surface area contributed by atoms with Crippen LogP contribution in [0.25, 0.3) is 0 Å². The number of methoxy groups -OCH3 is 1. The molecule has 1 aromatic carbocycles. The molecule has 6 nitrogen and oxygen atoms in total. The molecular formula is C18H25N5O. The van der Waals surface area contributed by atoms with Crippen LogP contribution in [0.1, 0.15) is 13.8 Å². The zero-order valence-electron chi connectivity index (χ0n) is 14.6. The van der Waals surface area contributed by atoms with E-state index < -0.39 is 0 Å². The average Bonchev–Trinajstić information content (AvgIpc) is 2.62. The Morgan fingerprint density at radius 1 is 1.00 bits per heavy atom. The maximum atomic E-state index is 5.22. The van der Waals surface area contributed by atoms with Gasteiger partial charge in [0, 0.05) is 44.1 Å². The Kier molecular flexibility index (Phi) is 5.03. The van der Waals surface area contributed by atoms with Gasteiger partial charge in [0.1, 0.15) is 11.6 Å². The number of anilines is 3. The Bertz CT molecular complexity index is 651. The second-order valence-electron chi connectivity index (χ2n) is 6.21. The van der Waals surface area contributed by atoms with Crippen molar-refractivity contribution >= 4 is 17.5 Å². The molecule has 1 aliphatic heterocycles. The van der Waals surface area contributed by atoms with Crippen molar-refractivity contribution in [2.75, 3.05) is 48.4 Å². The summed E-state index contributed by atoms with van der Waals surface area (Å²) in [4.78, 5) is 13.7. The van der Waals surface area contributed by atoms with Gasteiger partial charge >= 0.3 is 0 Å². The summed E-state index contributed by atoms with van der Waals surface area (Å²) < 4.78 is 5.22. The molecule has 0 spiro atoms. The molecule has 1 fully saturated rings. The molecule has 24 heavy (non-hydrogen) atoms. The highest BCUT2D eigenvalue weighted by Gasteiger charge is 2.19. The number of rotatable bonds is 5. The van der Waals surface area contributed by atoms with Gasteiger partial charge in [0.2, 0.25) is 5.95 Å². The van der Waals surface area contributed by atoms with E-state index in [0.717, 1.165) is 43.7 Å². The zero-order chi connectivity index (χ0) is 16.9. The van der Waals surface area contributed by atoms with E-state index >= 15 is 0 Å². The highest BCUT2D eigenvalue weighted by molar-refractivity contribution is 5.51. The van der Waals surface area contributed by atoms with Gasteiger partial charge in [0.25, 0.3) is 0 Å². The van der Waals surface area contributed by atoms with E-state index in [2.05, 4.69) is 51.1 Å². The van der Waals surface area contributed by atoms with Crippen LogP contribution in [0, 0.1) is 0 Å². The van der Waals surface area contributed by atoms with E-state index in [-0.39, 0.29) is 0 Å². The average molecular weight is 327 g/mol. The SMILES string of the molecule is COc1ccc(N2CCN(c3nccc(NC(C)C)n3)CC2)cc1. The molecule has 1 aromatic heterocycles. The Morgan fingerprint density at radius 3 is 2.29 bits per heavy atom. The fourth-order valence-corrected chi connectivity index (χ4v) is 2.83. The van der Waals surface area contributed by atoms with Crippen LogP contribution in [0.4, 0.5) is 17.5 Å². The summed E-state index contributed by atoms with van der Waals surface area (Å²) in [5.41, 5.74) is 1.23. The van der Waals surface area contributed by atoms with Crippen LogP contribution in [0.2, 0.25) is 0 Å². The summed E-state index contributed by atoms with van der Waals surface area (Å²) in [6.07, 6.45) is 1.82. The third-order valence-electron chi connectivity index (χ3n) is 4.08. The van der Waals surface area contributed by atoms with Crippen molar-refractivity contribution < 1.29 is 4.74 Å². The van der Waals surface area contributed by atoms with Crippen LogP contribution in [0.15, 0.2) is 36.5 Å². The van der Waals surface area contributed by atoms with E-state index in [9.17, 15) is 0 Å². The van der Waals surface area contributed by atoms with Crippen molar-refractivity contribution in [2.45, 2.75) is 19.9 Å². The van der Waals surface area contributed by atoms with Crippen molar-refractivity contribution in [3.8, 4) is 5.75 Å². The Hall–Kier alpha value is -2.50. The molecule has 0 amide bonds. The predicted molar refractivity (Wildman–Crippen MR) is 98.2 cm³/mol. The van der Waals surface area contributed by atoms with Crippen LogP contribution in [-0.2, 0) is 0 Å². The molecule has 2 heterocycles. The lowest BCUT2D eigenvalue weighted by atomic mass is 10.2. The van der Waals surface area contributed by atoms with Gasteiger partial charge in [0.15, 0.2) is 0 Å². The van der Waals surface area contributed by atoms with Gasteiger partial charge < -0.3 is 19.9 Å². The lowest BCUT2D eigenvalue weighted by Crippen LogP contribution is -2.47. The smallest absolute Gasteiger partial charge is 0.227 e. The van der Waals surface area contributed by atoms with Crippen LogP contribution in [0.3, 0.4) is 0 Å². The molecule has 0 bridgehead atoms.